The van der Waals surface area contributed by atoms with E-state index < -0.39 is 0 Å². The summed E-state index contributed by atoms with van der Waals surface area (Å²) in [7, 11) is 3.99. The highest BCUT2D eigenvalue weighted by Crippen LogP contribution is 2.19. The second-order valence-electron chi connectivity index (χ2n) is 8.03. The summed E-state index contributed by atoms with van der Waals surface area (Å²) in [6.07, 6.45) is 0.478. The summed E-state index contributed by atoms with van der Waals surface area (Å²) in [5.74, 6) is 0. The van der Waals surface area contributed by atoms with E-state index >= 15 is 0 Å². The minimum Gasteiger partial charge on any atom is -0.411 e. The second-order valence-corrected chi connectivity index (χ2v) is 8.03. The van der Waals surface area contributed by atoms with Crippen molar-refractivity contribution in [2.45, 2.75) is 13.0 Å². The topological polar surface area (TPSA) is 70.7 Å². The summed E-state index contributed by atoms with van der Waals surface area (Å²) in [6, 6.07) is 29.0. The first-order chi connectivity index (χ1) is 16.0. The Balaban J connectivity index is 1.75. The van der Waals surface area contributed by atoms with Gasteiger partial charge in [-0.15, -0.1) is 0 Å². The molecule has 1 heterocycles. The Bertz CT molecular complexity index is 1300. The lowest BCUT2D eigenvalue weighted by Gasteiger charge is -2.14. The van der Waals surface area contributed by atoms with Crippen LogP contribution in [0.1, 0.15) is 16.7 Å². The molecule has 33 heavy (non-hydrogen) atoms. The van der Waals surface area contributed by atoms with E-state index in [1.54, 1.807) is 0 Å². The molecule has 1 aromatic heterocycles. The molecule has 4 rings (SSSR count). The van der Waals surface area contributed by atoms with Gasteiger partial charge in [0.1, 0.15) is 5.71 Å². The zero-order valence-corrected chi connectivity index (χ0v) is 18.7. The SMILES string of the molecule is CN(C)c1ccc(Cc2cc(-c3ccccc3)nn(C/C(=N/O)c3ccccc3)c2=O)cc1. The van der Waals surface area contributed by atoms with Crippen molar-refractivity contribution in [3.63, 3.8) is 0 Å². The van der Waals surface area contributed by atoms with Crippen LogP contribution in [-0.2, 0) is 13.0 Å². The van der Waals surface area contributed by atoms with Crippen molar-refractivity contribution in [2.75, 3.05) is 19.0 Å². The van der Waals surface area contributed by atoms with E-state index in [1.807, 2.05) is 110 Å². The number of benzene rings is 3. The summed E-state index contributed by atoms with van der Waals surface area (Å²) < 4.78 is 1.38. The summed E-state index contributed by atoms with van der Waals surface area (Å²) >= 11 is 0. The van der Waals surface area contributed by atoms with Gasteiger partial charge in [-0.2, -0.15) is 5.10 Å². The van der Waals surface area contributed by atoms with E-state index in [9.17, 15) is 10.0 Å². The molecule has 0 aliphatic heterocycles. The average Bonchev–Trinajstić information content (AvgIpc) is 2.86. The van der Waals surface area contributed by atoms with Gasteiger partial charge < -0.3 is 10.1 Å². The maximum absolute atomic E-state index is 13.4. The Hall–Kier alpha value is -4.19. The fraction of sp³-hybridized carbons (Fsp3) is 0.148. The standard InChI is InChI=1S/C27H26N4O2/c1-30(2)24-15-13-20(14-16-24)17-23-18-25(21-9-5-3-6-10-21)28-31(27(23)32)19-26(29-33)22-11-7-4-8-12-22/h3-16,18,33H,17,19H2,1-2H3/b29-26-. The average molecular weight is 439 g/mol. The van der Waals surface area contributed by atoms with E-state index in [4.69, 9.17) is 0 Å². The monoisotopic (exact) mass is 438 g/mol. The third-order valence-corrected chi connectivity index (χ3v) is 5.49. The molecule has 0 unspecified atom stereocenters. The quantitative estimate of drug-likeness (QED) is 0.263. The lowest BCUT2D eigenvalue weighted by molar-refractivity contribution is 0.317. The number of hydrogen-bond acceptors (Lipinski definition) is 5. The molecule has 0 saturated heterocycles. The van der Waals surface area contributed by atoms with Crippen molar-refractivity contribution in [1.29, 1.82) is 0 Å². The summed E-state index contributed by atoms with van der Waals surface area (Å²) in [4.78, 5) is 15.4. The number of rotatable bonds is 7. The van der Waals surface area contributed by atoms with E-state index in [2.05, 4.69) is 10.3 Å². The number of nitrogens with zero attached hydrogens (tertiary/aromatic N) is 4. The number of oxime groups is 1. The molecule has 6 heteroatoms. The highest BCUT2D eigenvalue weighted by atomic mass is 16.4. The first-order valence-corrected chi connectivity index (χ1v) is 10.7. The first kappa shape index (κ1) is 22.0. The Morgan fingerprint density at radius 3 is 2.18 bits per heavy atom. The number of hydrogen-bond donors (Lipinski definition) is 1. The fourth-order valence-electron chi connectivity index (χ4n) is 3.67. The van der Waals surface area contributed by atoms with Crippen molar-refractivity contribution < 1.29 is 5.21 Å². The van der Waals surface area contributed by atoms with Gasteiger partial charge in [0.15, 0.2) is 0 Å². The molecular formula is C27H26N4O2. The molecule has 0 amide bonds. The molecule has 166 valence electrons. The lowest BCUT2D eigenvalue weighted by Crippen LogP contribution is -2.30. The van der Waals surface area contributed by atoms with Crippen molar-refractivity contribution in [2.24, 2.45) is 5.16 Å². The molecule has 1 N–H and O–H groups in total. The molecule has 0 atom stereocenters. The molecule has 0 fully saturated rings. The van der Waals surface area contributed by atoms with Gasteiger partial charge in [0, 0.05) is 42.9 Å². The Labute approximate surface area is 193 Å². The van der Waals surface area contributed by atoms with Crippen molar-refractivity contribution in [3.8, 4) is 11.3 Å². The van der Waals surface area contributed by atoms with Crippen LogP contribution in [-0.4, -0.2) is 34.8 Å². The summed E-state index contributed by atoms with van der Waals surface area (Å²) in [5, 5.41) is 17.7. The van der Waals surface area contributed by atoms with Crippen molar-refractivity contribution >= 4 is 11.4 Å². The molecule has 0 radical (unpaired) electrons. The van der Waals surface area contributed by atoms with Gasteiger partial charge in [-0.25, -0.2) is 4.68 Å². The Morgan fingerprint density at radius 2 is 1.58 bits per heavy atom. The first-order valence-electron chi connectivity index (χ1n) is 10.7. The Kier molecular flexibility index (Phi) is 6.64. The van der Waals surface area contributed by atoms with E-state index in [-0.39, 0.29) is 12.1 Å². The van der Waals surface area contributed by atoms with Crippen LogP contribution < -0.4 is 10.5 Å². The highest BCUT2D eigenvalue weighted by molar-refractivity contribution is 5.99. The molecule has 0 aliphatic carbocycles. The molecule has 0 bridgehead atoms. The van der Waals surface area contributed by atoms with Gasteiger partial charge in [0.2, 0.25) is 0 Å². The molecule has 6 nitrogen and oxygen atoms in total. The molecule has 0 spiro atoms. The lowest BCUT2D eigenvalue weighted by atomic mass is 10.0. The van der Waals surface area contributed by atoms with E-state index in [0.717, 1.165) is 22.4 Å². The zero-order chi connectivity index (χ0) is 23.2. The van der Waals surface area contributed by atoms with Gasteiger partial charge in [-0.05, 0) is 23.8 Å². The molecular weight excluding hydrogens is 412 g/mol. The van der Waals surface area contributed by atoms with Crippen LogP contribution >= 0.6 is 0 Å². The minimum atomic E-state index is -0.205. The van der Waals surface area contributed by atoms with Gasteiger partial charge >= 0.3 is 0 Å². The number of anilines is 1. The van der Waals surface area contributed by atoms with Gasteiger partial charge in [-0.1, -0.05) is 78.0 Å². The molecule has 0 saturated carbocycles. The van der Waals surface area contributed by atoms with Crippen LogP contribution in [0.15, 0.2) is 101 Å². The maximum atomic E-state index is 13.4. The summed E-state index contributed by atoms with van der Waals surface area (Å²) in [5.41, 5.74) is 5.28. The predicted octanol–water partition coefficient (Wildman–Crippen LogP) is 4.45. The van der Waals surface area contributed by atoms with Crippen LogP contribution in [0, 0.1) is 0 Å². The summed E-state index contributed by atoms with van der Waals surface area (Å²) in [6.45, 7) is 0.0621. The van der Waals surface area contributed by atoms with E-state index in [0.29, 0.717) is 23.4 Å². The zero-order valence-electron chi connectivity index (χ0n) is 18.7. The van der Waals surface area contributed by atoms with Crippen LogP contribution in [0.5, 0.6) is 0 Å². The normalized spacial score (nSPS) is 11.4. The van der Waals surface area contributed by atoms with E-state index in [1.165, 1.54) is 4.68 Å². The van der Waals surface area contributed by atoms with Crippen molar-refractivity contribution in [1.82, 2.24) is 9.78 Å². The third kappa shape index (κ3) is 5.18. The Morgan fingerprint density at radius 1 is 0.939 bits per heavy atom. The van der Waals surface area contributed by atoms with Gasteiger partial charge in [-0.3, -0.25) is 4.79 Å². The molecule has 3 aromatic carbocycles. The third-order valence-electron chi connectivity index (χ3n) is 5.49. The van der Waals surface area contributed by atoms with Gasteiger partial charge in [0.25, 0.3) is 5.56 Å². The van der Waals surface area contributed by atoms with Crippen molar-refractivity contribution in [3.05, 3.63) is 118 Å². The van der Waals surface area contributed by atoms with Crippen LogP contribution in [0.3, 0.4) is 0 Å². The fourth-order valence-corrected chi connectivity index (χ4v) is 3.67. The molecule has 4 aromatic rings. The largest absolute Gasteiger partial charge is 0.411 e. The second kappa shape index (κ2) is 9.96. The van der Waals surface area contributed by atoms with Gasteiger partial charge in [0.05, 0.1) is 12.2 Å². The van der Waals surface area contributed by atoms with Crippen LogP contribution in [0.4, 0.5) is 5.69 Å². The highest BCUT2D eigenvalue weighted by Gasteiger charge is 2.14. The van der Waals surface area contributed by atoms with Crippen LogP contribution in [0.2, 0.25) is 0 Å². The molecule has 0 aliphatic rings. The maximum Gasteiger partial charge on any atom is 0.270 e. The minimum absolute atomic E-state index is 0.0621. The number of aromatic nitrogens is 2. The smallest absolute Gasteiger partial charge is 0.270 e. The van der Waals surface area contributed by atoms with Crippen LogP contribution in [0.25, 0.3) is 11.3 Å². The predicted molar refractivity (Wildman–Crippen MR) is 132 cm³/mol.